The second kappa shape index (κ2) is 9.74. The average Bonchev–Trinajstić information content (AvgIpc) is 2.91. The normalized spacial score (nSPS) is 25.7. The number of carbonyl (C=O) groups is 1. The quantitative estimate of drug-likeness (QED) is 0.391. The molecule has 1 aromatic rings. The minimum Gasteiger partial charge on any atom is -0.462 e. The molecular weight excluding hydrogens is 368 g/mol. The second-order valence-electron chi connectivity index (χ2n) is 6.97. The summed E-state index contributed by atoms with van der Waals surface area (Å²) in [4.78, 5) is 12.1. The van der Waals surface area contributed by atoms with Crippen molar-refractivity contribution in [2.24, 2.45) is 5.92 Å². The van der Waals surface area contributed by atoms with E-state index in [2.05, 4.69) is 5.09 Å². The molecule has 7 nitrogen and oxygen atoms in total. The van der Waals surface area contributed by atoms with Gasteiger partial charge < -0.3 is 14.0 Å². The van der Waals surface area contributed by atoms with Gasteiger partial charge >= 0.3 is 13.7 Å². The monoisotopic (exact) mass is 395 g/mol. The lowest BCUT2D eigenvalue weighted by atomic mass is 9.88. The van der Waals surface area contributed by atoms with E-state index in [9.17, 15) is 9.36 Å². The third-order valence-electron chi connectivity index (χ3n) is 4.00. The molecule has 1 N–H and O–H groups in total. The van der Waals surface area contributed by atoms with Crippen molar-refractivity contribution >= 4 is 21.6 Å². The van der Waals surface area contributed by atoms with E-state index in [0.717, 1.165) is 0 Å². The molecule has 148 valence electrons. The molecule has 1 fully saturated rings. The molecule has 1 unspecified atom stereocenters. The number of nitrogens with one attached hydrogen (secondary N) is 1. The molecule has 0 bridgehead atoms. The fourth-order valence-corrected chi connectivity index (χ4v) is 4.11. The van der Waals surface area contributed by atoms with Crippen LogP contribution in [0.5, 0.6) is 5.75 Å². The molecule has 1 heterocycles. The third kappa shape index (κ3) is 6.96. The van der Waals surface area contributed by atoms with Crippen LogP contribution in [0.4, 0.5) is 0 Å². The zero-order valence-electron chi connectivity index (χ0n) is 16.2. The molecular formula is C18H27BNO6P. The van der Waals surface area contributed by atoms with E-state index in [0.29, 0.717) is 12.2 Å². The first-order valence-corrected chi connectivity index (χ1v) is 10.6. The van der Waals surface area contributed by atoms with Gasteiger partial charge in [-0.1, -0.05) is 25.1 Å². The van der Waals surface area contributed by atoms with E-state index >= 15 is 0 Å². The summed E-state index contributed by atoms with van der Waals surface area (Å²) >= 11 is 0. The largest absolute Gasteiger partial charge is 0.462 e. The highest BCUT2D eigenvalue weighted by molar-refractivity contribution is 7.52. The molecule has 0 aliphatic carbocycles. The predicted octanol–water partition coefficient (Wildman–Crippen LogP) is 3.04. The summed E-state index contributed by atoms with van der Waals surface area (Å²) < 4.78 is 35.1. The minimum absolute atomic E-state index is 0.0289. The Balaban J connectivity index is 2.05. The Bertz CT molecular complexity index is 649. The van der Waals surface area contributed by atoms with Crippen LogP contribution in [0.3, 0.4) is 0 Å². The van der Waals surface area contributed by atoms with E-state index < -0.39 is 19.8 Å². The summed E-state index contributed by atoms with van der Waals surface area (Å²) in [5.41, 5.74) is 0. The van der Waals surface area contributed by atoms with Crippen LogP contribution >= 0.6 is 7.75 Å². The van der Waals surface area contributed by atoms with Crippen molar-refractivity contribution in [3.8, 4) is 5.75 Å². The summed E-state index contributed by atoms with van der Waals surface area (Å²) in [5.74, 6) is -0.00523. The van der Waals surface area contributed by atoms with Crippen LogP contribution in [0.25, 0.3) is 0 Å². The third-order valence-corrected chi connectivity index (χ3v) is 5.65. The molecule has 1 aliphatic heterocycles. The van der Waals surface area contributed by atoms with Gasteiger partial charge in [0.15, 0.2) is 0 Å². The predicted molar refractivity (Wildman–Crippen MR) is 103 cm³/mol. The van der Waals surface area contributed by atoms with Gasteiger partial charge in [0.1, 0.15) is 19.6 Å². The van der Waals surface area contributed by atoms with Crippen molar-refractivity contribution in [1.82, 2.24) is 5.09 Å². The first-order chi connectivity index (χ1) is 12.7. The van der Waals surface area contributed by atoms with Gasteiger partial charge in [-0.3, -0.25) is 9.32 Å². The Morgan fingerprint density at radius 2 is 2.00 bits per heavy atom. The van der Waals surface area contributed by atoms with Crippen LogP contribution in [0.2, 0.25) is 0 Å². The Morgan fingerprint density at radius 1 is 1.33 bits per heavy atom. The zero-order valence-corrected chi connectivity index (χ0v) is 17.1. The SMILES string of the molecule is [B][C@@H]1O[C@H](COP(=O)(N[C@H](C)C(=O)OC(C)C)Oc2ccccc2)C[C@@H]1C. The molecule has 27 heavy (non-hydrogen) atoms. The number of rotatable bonds is 9. The standard InChI is InChI=1S/C18H27BNO6P/c1-12(2)24-18(21)14(4)20-27(22,26-15-8-6-5-7-9-15)23-11-16-10-13(3)17(19)25-16/h5-9,12-14,16-17H,10-11H2,1-4H3,(H,20,22)/t13-,14+,16-,17+,27?/m0/s1. The summed E-state index contributed by atoms with van der Waals surface area (Å²) in [7, 11) is 1.99. The zero-order chi connectivity index (χ0) is 20.0. The van der Waals surface area contributed by atoms with Crippen molar-refractivity contribution in [1.29, 1.82) is 0 Å². The highest BCUT2D eigenvalue weighted by Gasteiger charge is 2.35. The van der Waals surface area contributed by atoms with Crippen LogP contribution in [0, 0.1) is 5.92 Å². The lowest BCUT2D eigenvalue weighted by molar-refractivity contribution is -0.149. The van der Waals surface area contributed by atoms with Crippen LogP contribution < -0.4 is 9.61 Å². The Kier molecular flexibility index (Phi) is 7.92. The number of carbonyl (C=O) groups excluding carboxylic acids is 1. The molecule has 0 spiro atoms. The van der Waals surface area contributed by atoms with E-state index in [1.165, 1.54) is 0 Å². The van der Waals surface area contributed by atoms with Gasteiger partial charge in [0, 0.05) is 6.00 Å². The summed E-state index contributed by atoms with van der Waals surface area (Å²) in [6.07, 6.45) is 0.117. The number of para-hydroxylation sites is 1. The molecule has 2 radical (unpaired) electrons. The van der Waals surface area contributed by atoms with Crippen LogP contribution in [0.15, 0.2) is 30.3 Å². The van der Waals surface area contributed by atoms with Gasteiger partial charge in [-0.05, 0) is 45.2 Å². The summed E-state index contributed by atoms with van der Waals surface area (Å²) in [6.45, 7) is 7.03. The van der Waals surface area contributed by atoms with Gasteiger partial charge in [0.2, 0.25) is 0 Å². The van der Waals surface area contributed by atoms with Crippen molar-refractivity contribution < 1.29 is 27.9 Å². The Labute approximate surface area is 162 Å². The maximum absolute atomic E-state index is 13.3. The highest BCUT2D eigenvalue weighted by Crippen LogP contribution is 2.45. The number of hydrogen-bond acceptors (Lipinski definition) is 6. The van der Waals surface area contributed by atoms with E-state index in [1.807, 2.05) is 13.0 Å². The van der Waals surface area contributed by atoms with Crippen LogP contribution in [-0.2, 0) is 23.4 Å². The van der Waals surface area contributed by atoms with Gasteiger partial charge in [-0.25, -0.2) is 4.57 Å². The molecule has 5 atom stereocenters. The average molecular weight is 395 g/mol. The van der Waals surface area contributed by atoms with Crippen LogP contribution in [0.1, 0.15) is 34.1 Å². The first kappa shape index (κ1) is 22.0. The van der Waals surface area contributed by atoms with Crippen molar-refractivity contribution in [3.05, 3.63) is 30.3 Å². The number of hydrogen-bond donors (Lipinski definition) is 1. The molecule has 0 amide bonds. The molecule has 1 aromatic carbocycles. The lowest BCUT2D eigenvalue weighted by Crippen LogP contribution is -2.36. The topological polar surface area (TPSA) is 83.1 Å². The van der Waals surface area contributed by atoms with Gasteiger partial charge in [0.05, 0.1) is 18.8 Å². The molecule has 0 saturated carbocycles. The fraction of sp³-hybridized carbons (Fsp3) is 0.611. The second-order valence-corrected chi connectivity index (χ2v) is 8.66. The Morgan fingerprint density at radius 3 is 2.56 bits per heavy atom. The first-order valence-electron chi connectivity index (χ1n) is 9.07. The van der Waals surface area contributed by atoms with Crippen molar-refractivity contribution in [2.75, 3.05) is 6.61 Å². The van der Waals surface area contributed by atoms with Gasteiger partial charge in [0.25, 0.3) is 0 Å². The minimum atomic E-state index is -3.86. The molecule has 2 rings (SSSR count). The number of ether oxygens (including phenoxy) is 2. The number of benzene rings is 1. The van der Waals surface area contributed by atoms with E-state index in [-0.39, 0.29) is 30.7 Å². The van der Waals surface area contributed by atoms with Gasteiger partial charge in [-0.2, -0.15) is 5.09 Å². The fourth-order valence-electron chi connectivity index (χ4n) is 2.58. The summed E-state index contributed by atoms with van der Waals surface area (Å²) in [6, 6.07) is 7.35. The molecule has 9 heteroatoms. The molecule has 1 aliphatic rings. The maximum Gasteiger partial charge on any atom is 0.459 e. The molecule has 0 aromatic heterocycles. The van der Waals surface area contributed by atoms with E-state index in [1.54, 1.807) is 45.0 Å². The highest BCUT2D eigenvalue weighted by atomic mass is 31.2. The Hall–Kier alpha value is -1.34. The van der Waals surface area contributed by atoms with E-state index in [4.69, 9.17) is 26.4 Å². The van der Waals surface area contributed by atoms with Crippen LogP contribution in [-0.4, -0.2) is 44.7 Å². The molecule has 1 saturated heterocycles. The number of esters is 1. The lowest BCUT2D eigenvalue weighted by Gasteiger charge is -2.24. The van der Waals surface area contributed by atoms with Gasteiger partial charge in [-0.15, -0.1) is 0 Å². The van der Waals surface area contributed by atoms with Crippen molar-refractivity contribution in [3.63, 3.8) is 0 Å². The van der Waals surface area contributed by atoms with Crippen molar-refractivity contribution in [2.45, 2.75) is 58.4 Å². The smallest absolute Gasteiger partial charge is 0.459 e. The summed E-state index contributed by atoms with van der Waals surface area (Å²) in [5, 5.41) is 2.64. The maximum atomic E-state index is 13.3.